The van der Waals surface area contributed by atoms with E-state index in [9.17, 15) is 13.2 Å². The van der Waals surface area contributed by atoms with Gasteiger partial charge < -0.3 is 10.0 Å². The number of hydrogen-bond donors (Lipinski definition) is 1. The van der Waals surface area contributed by atoms with Crippen LogP contribution in [0.15, 0.2) is 29.2 Å². The molecule has 7 heteroatoms. The first-order valence-electron chi connectivity index (χ1n) is 5.93. The van der Waals surface area contributed by atoms with Gasteiger partial charge in [0, 0.05) is 26.2 Å². The minimum atomic E-state index is -3.51. The van der Waals surface area contributed by atoms with Crippen LogP contribution in [0.3, 0.4) is 0 Å². The number of carbonyl (C=O) groups is 1. The highest BCUT2D eigenvalue weighted by molar-refractivity contribution is 7.89. The van der Waals surface area contributed by atoms with E-state index in [-0.39, 0.29) is 10.5 Å². The lowest BCUT2D eigenvalue weighted by Gasteiger charge is -2.31. The molecular formula is C12H16N2O4S. The maximum absolute atomic E-state index is 12.3. The SMILES string of the molecule is CN1CCN(S(=O)(=O)c2ccc(C(=O)O)cc2)CC1. The van der Waals surface area contributed by atoms with Crippen LogP contribution < -0.4 is 0 Å². The van der Waals surface area contributed by atoms with E-state index in [0.717, 1.165) is 0 Å². The van der Waals surface area contributed by atoms with E-state index in [0.29, 0.717) is 26.2 Å². The van der Waals surface area contributed by atoms with Crippen molar-refractivity contribution in [1.29, 1.82) is 0 Å². The Morgan fingerprint density at radius 2 is 1.63 bits per heavy atom. The molecule has 0 bridgehead atoms. The number of rotatable bonds is 3. The van der Waals surface area contributed by atoms with Crippen molar-refractivity contribution >= 4 is 16.0 Å². The monoisotopic (exact) mass is 284 g/mol. The highest BCUT2D eigenvalue weighted by Gasteiger charge is 2.27. The van der Waals surface area contributed by atoms with Crippen molar-refractivity contribution in [1.82, 2.24) is 9.21 Å². The van der Waals surface area contributed by atoms with E-state index >= 15 is 0 Å². The first kappa shape index (κ1) is 14.0. The Kier molecular flexibility index (Phi) is 3.88. The molecule has 0 radical (unpaired) electrons. The third kappa shape index (κ3) is 2.94. The third-order valence-electron chi connectivity index (χ3n) is 3.20. The Morgan fingerprint density at radius 3 is 2.11 bits per heavy atom. The van der Waals surface area contributed by atoms with Crippen molar-refractivity contribution in [3.05, 3.63) is 29.8 Å². The fourth-order valence-corrected chi connectivity index (χ4v) is 3.37. The maximum atomic E-state index is 12.3. The molecule has 1 fully saturated rings. The summed E-state index contributed by atoms with van der Waals surface area (Å²) < 4.78 is 26.1. The van der Waals surface area contributed by atoms with Crippen LogP contribution in [-0.4, -0.2) is 61.9 Å². The Bertz CT molecular complexity index is 560. The molecule has 1 heterocycles. The van der Waals surface area contributed by atoms with Crippen molar-refractivity contribution in [2.45, 2.75) is 4.90 Å². The summed E-state index contributed by atoms with van der Waals surface area (Å²) >= 11 is 0. The average molecular weight is 284 g/mol. The molecule has 104 valence electrons. The van der Waals surface area contributed by atoms with Crippen LogP contribution in [0.4, 0.5) is 0 Å². The van der Waals surface area contributed by atoms with Crippen molar-refractivity contribution in [2.75, 3.05) is 33.2 Å². The van der Waals surface area contributed by atoms with E-state index in [4.69, 9.17) is 5.11 Å². The Labute approximate surface area is 112 Å². The molecule has 1 aliphatic heterocycles. The predicted octanol–water partition coefficient (Wildman–Crippen LogP) is 0.321. The zero-order valence-electron chi connectivity index (χ0n) is 10.6. The minimum absolute atomic E-state index is 0.0809. The molecule has 2 rings (SSSR count). The molecule has 0 atom stereocenters. The topological polar surface area (TPSA) is 77.9 Å². The molecule has 1 N–H and O–H groups in total. The van der Waals surface area contributed by atoms with Crippen LogP contribution in [0, 0.1) is 0 Å². The van der Waals surface area contributed by atoms with Crippen LogP contribution in [0.1, 0.15) is 10.4 Å². The van der Waals surface area contributed by atoms with Gasteiger partial charge in [-0.3, -0.25) is 0 Å². The Hall–Kier alpha value is -1.44. The molecule has 0 saturated carbocycles. The summed E-state index contributed by atoms with van der Waals surface area (Å²) in [4.78, 5) is 12.9. The molecule has 1 aromatic rings. The Balaban J connectivity index is 2.22. The number of aromatic carboxylic acids is 1. The quantitative estimate of drug-likeness (QED) is 0.865. The van der Waals surface area contributed by atoms with Gasteiger partial charge in [-0.05, 0) is 31.3 Å². The molecule has 1 saturated heterocycles. The molecule has 0 spiro atoms. The second-order valence-electron chi connectivity index (χ2n) is 4.54. The van der Waals surface area contributed by atoms with Gasteiger partial charge >= 0.3 is 5.97 Å². The summed E-state index contributed by atoms with van der Waals surface area (Å²) in [7, 11) is -1.56. The summed E-state index contributed by atoms with van der Waals surface area (Å²) in [6, 6.07) is 5.31. The number of hydrogen-bond acceptors (Lipinski definition) is 4. The van der Waals surface area contributed by atoms with Crippen LogP contribution >= 0.6 is 0 Å². The van der Waals surface area contributed by atoms with Crippen LogP contribution in [0.25, 0.3) is 0 Å². The number of benzene rings is 1. The fraction of sp³-hybridized carbons (Fsp3) is 0.417. The highest BCUT2D eigenvalue weighted by atomic mass is 32.2. The van der Waals surface area contributed by atoms with Crippen LogP contribution in [0.5, 0.6) is 0 Å². The van der Waals surface area contributed by atoms with Gasteiger partial charge in [-0.15, -0.1) is 0 Å². The van der Waals surface area contributed by atoms with Crippen molar-refractivity contribution in [3.8, 4) is 0 Å². The molecule has 0 aliphatic carbocycles. The molecule has 1 aliphatic rings. The zero-order valence-corrected chi connectivity index (χ0v) is 11.4. The number of carboxylic acids is 1. The highest BCUT2D eigenvalue weighted by Crippen LogP contribution is 2.17. The molecular weight excluding hydrogens is 268 g/mol. The lowest BCUT2D eigenvalue weighted by molar-refractivity contribution is 0.0696. The molecule has 19 heavy (non-hydrogen) atoms. The third-order valence-corrected chi connectivity index (χ3v) is 5.11. The smallest absolute Gasteiger partial charge is 0.335 e. The van der Waals surface area contributed by atoms with Crippen molar-refractivity contribution < 1.29 is 18.3 Å². The average Bonchev–Trinajstić information content (AvgIpc) is 2.39. The maximum Gasteiger partial charge on any atom is 0.335 e. The number of likely N-dealkylation sites (N-methyl/N-ethyl adjacent to an activating group) is 1. The van der Waals surface area contributed by atoms with E-state index < -0.39 is 16.0 Å². The summed E-state index contributed by atoms with van der Waals surface area (Å²) in [6.45, 7) is 2.32. The van der Waals surface area contributed by atoms with E-state index in [1.807, 2.05) is 7.05 Å². The van der Waals surface area contributed by atoms with Crippen LogP contribution in [-0.2, 0) is 10.0 Å². The molecule has 6 nitrogen and oxygen atoms in total. The fourth-order valence-electron chi connectivity index (χ4n) is 1.95. The summed E-state index contributed by atoms with van der Waals surface area (Å²) in [5, 5.41) is 8.79. The zero-order chi connectivity index (χ0) is 14.0. The normalized spacial score (nSPS) is 18.4. The number of nitrogens with zero attached hydrogens (tertiary/aromatic N) is 2. The lowest BCUT2D eigenvalue weighted by atomic mass is 10.2. The minimum Gasteiger partial charge on any atom is -0.478 e. The van der Waals surface area contributed by atoms with Crippen molar-refractivity contribution in [2.24, 2.45) is 0 Å². The lowest BCUT2D eigenvalue weighted by Crippen LogP contribution is -2.46. The van der Waals surface area contributed by atoms with Gasteiger partial charge in [0.1, 0.15) is 0 Å². The first-order chi connectivity index (χ1) is 8.91. The molecule has 0 aromatic heterocycles. The molecule has 0 amide bonds. The van der Waals surface area contributed by atoms with Gasteiger partial charge in [-0.1, -0.05) is 0 Å². The summed E-state index contributed by atoms with van der Waals surface area (Å²) in [5.74, 6) is -1.07. The summed E-state index contributed by atoms with van der Waals surface area (Å²) in [5.41, 5.74) is 0.0809. The standard InChI is InChI=1S/C12H16N2O4S/c1-13-6-8-14(9-7-13)19(17,18)11-4-2-10(3-5-11)12(15)16/h2-5H,6-9H2,1H3,(H,15,16). The predicted molar refractivity (Wildman–Crippen MR) is 69.7 cm³/mol. The van der Waals surface area contributed by atoms with Gasteiger partial charge in [0.15, 0.2) is 0 Å². The molecule has 0 unspecified atom stereocenters. The van der Waals surface area contributed by atoms with Gasteiger partial charge in [0.2, 0.25) is 10.0 Å². The first-order valence-corrected chi connectivity index (χ1v) is 7.37. The van der Waals surface area contributed by atoms with Gasteiger partial charge in [0.25, 0.3) is 0 Å². The van der Waals surface area contributed by atoms with E-state index in [1.54, 1.807) is 0 Å². The number of sulfonamides is 1. The molecule has 1 aromatic carbocycles. The second kappa shape index (κ2) is 5.28. The number of carboxylic acid groups (broad SMARTS) is 1. The van der Waals surface area contributed by atoms with Gasteiger partial charge in [-0.2, -0.15) is 4.31 Å². The largest absolute Gasteiger partial charge is 0.478 e. The van der Waals surface area contributed by atoms with Crippen LogP contribution in [0.2, 0.25) is 0 Å². The van der Waals surface area contributed by atoms with Gasteiger partial charge in [0.05, 0.1) is 10.5 Å². The Morgan fingerprint density at radius 1 is 1.11 bits per heavy atom. The number of piperazine rings is 1. The van der Waals surface area contributed by atoms with Gasteiger partial charge in [-0.25, -0.2) is 13.2 Å². The van der Waals surface area contributed by atoms with E-state index in [1.165, 1.54) is 28.6 Å². The second-order valence-corrected chi connectivity index (χ2v) is 6.47. The van der Waals surface area contributed by atoms with E-state index in [2.05, 4.69) is 4.90 Å². The summed E-state index contributed by atoms with van der Waals surface area (Å²) in [6.07, 6.45) is 0. The van der Waals surface area contributed by atoms with Crippen molar-refractivity contribution in [3.63, 3.8) is 0 Å².